The Morgan fingerprint density at radius 1 is 1.60 bits per heavy atom. The van der Waals surface area contributed by atoms with Crippen molar-refractivity contribution in [3.05, 3.63) is 33.8 Å². The van der Waals surface area contributed by atoms with Crippen LogP contribution in [0.2, 0.25) is 0 Å². The SMILES string of the molecule is O=C(O)CNC1CCc2ccc(Br)cc21. The largest absolute Gasteiger partial charge is 0.480 e. The highest BCUT2D eigenvalue weighted by Gasteiger charge is 2.22. The van der Waals surface area contributed by atoms with Crippen molar-refractivity contribution in [1.82, 2.24) is 5.32 Å². The van der Waals surface area contributed by atoms with Crippen LogP contribution in [0.4, 0.5) is 0 Å². The molecular weight excluding hydrogens is 258 g/mol. The molecule has 3 nitrogen and oxygen atoms in total. The lowest BCUT2D eigenvalue weighted by Crippen LogP contribution is -2.25. The normalized spacial score (nSPS) is 18.9. The first-order valence-electron chi connectivity index (χ1n) is 4.90. The number of carbonyl (C=O) groups is 1. The van der Waals surface area contributed by atoms with E-state index in [4.69, 9.17) is 5.11 Å². The highest BCUT2D eigenvalue weighted by molar-refractivity contribution is 9.10. The molecule has 1 aromatic rings. The summed E-state index contributed by atoms with van der Waals surface area (Å²) >= 11 is 3.43. The molecule has 0 bridgehead atoms. The number of carboxylic acid groups (broad SMARTS) is 1. The molecule has 0 saturated carbocycles. The third-order valence-electron chi connectivity index (χ3n) is 2.69. The molecule has 0 radical (unpaired) electrons. The molecule has 1 aliphatic rings. The number of hydrogen-bond donors (Lipinski definition) is 2. The van der Waals surface area contributed by atoms with Crippen molar-refractivity contribution >= 4 is 21.9 Å². The average molecular weight is 270 g/mol. The number of aliphatic carboxylic acids is 1. The number of nitrogens with one attached hydrogen (secondary N) is 1. The predicted octanol–water partition coefficient (Wildman–Crippen LogP) is 2.11. The molecule has 80 valence electrons. The lowest BCUT2D eigenvalue weighted by Gasteiger charge is -2.12. The molecule has 15 heavy (non-hydrogen) atoms. The molecule has 1 atom stereocenters. The molecule has 0 amide bonds. The number of fused-ring (bicyclic) bond motifs is 1. The van der Waals surface area contributed by atoms with Crippen molar-refractivity contribution < 1.29 is 9.90 Å². The lowest BCUT2D eigenvalue weighted by molar-refractivity contribution is -0.136. The molecule has 0 aromatic heterocycles. The van der Waals surface area contributed by atoms with Crippen LogP contribution in [-0.2, 0) is 11.2 Å². The van der Waals surface area contributed by atoms with Crippen LogP contribution in [0.5, 0.6) is 0 Å². The highest BCUT2D eigenvalue weighted by Crippen LogP contribution is 2.32. The molecule has 1 unspecified atom stereocenters. The fourth-order valence-electron chi connectivity index (χ4n) is 2.00. The summed E-state index contributed by atoms with van der Waals surface area (Å²) in [6.07, 6.45) is 2.01. The van der Waals surface area contributed by atoms with Crippen molar-refractivity contribution in [3.8, 4) is 0 Å². The summed E-state index contributed by atoms with van der Waals surface area (Å²) in [6.45, 7) is 0.0244. The van der Waals surface area contributed by atoms with Crippen LogP contribution < -0.4 is 5.32 Å². The third-order valence-corrected chi connectivity index (χ3v) is 3.18. The summed E-state index contributed by atoms with van der Waals surface area (Å²) in [4.78, 5) is 10.5. The summed E-state index contributed by atoms with van der Waals surface area (Å²) in [7, 11) is 0. The quantitative estimate of drug-likeness (QED) is 0.884. The number of rotatable bonds is 3. The molecule has 1 aromatic carbocycles. The number of carboxylic acids is 1. The van der Waals surface area contributed by atoms with E-state index >= 15 is 0 Å². The standard InChI is InChI=1S/C11H12BrNO2/c12-8-3-1-7-2-4-10(9(7)5-8)13-6-11(14)15/h1,3,5,10,13H,2,4,6H2,(H,14,15). The van der Waals surface area contributed by atoms with Gasteiger partial charge in [0.2, 0.25) is 0 Å². The van der Waals surface area contributed by atoms with Gasteiger partial charge in [-0.15, -0.1) is 0 Å². The number of hydrogen-bond acceptors (Lipinski definition) is 2. The zero-order chi connectivity index (χ0) is 10.8. The highest BCUT2D eigenvalue weighted by atomic mass is 79.9. The van der Waals surface area contributed by atoms with Crippen molar-refractivity contribution in [3.63, 3.8) is 0 Å². The van der Waals surface area contributed by atoms with Crippen LogP contribution in [0.15, 0.2) is 22.7 Å². The second-order valence-corrected chi connectivity index (χ2v) is 4.62. The maximum absolute atomic E-state index is 10.5. The molecule has 0 saturated heterocycles. The maximum Gasteiger partial charge on any atom is 0.317 e. The van der Waals surface area contributed by atoms with E-state index in [2.05, 4.69) is 33.4 Å². The zero-order valence-corrected chi connectivity index (χ0v) is 9.75. The summed E-state index contributed by atoms with van der Waals surface area (Å²) in [5.41, 5.74) is 2.55. The Bertz CT molecular complexity index is 392. The molecule has 0 aliphatic heterocycles. The van der Waals surface area contributed by atoms with Crippen LogP contribution in [0, 0.1) is 0 Å². The van der Waals surface area contributed by atoms with E-state index in [9.17, 15) is 4.79 Å². The van der Waals surface area contributed by atoms with Gasteiger partial charge in [-0.25, -0.2) is 0 Å². The van der Waals surface area contributed by atoms with E-state index in [1.807, 2.05) is 6.07 Å². The van der Waals surface area contributed by atoms with Crippen molar-refractivity contribution in [2.24, 2.45) is 0 Å². The molecule has 1 aliphatic carbocycles. The zero-order valence-electron chi connectivity index (χ0n) is 8.16. The minimum atomic E-state index is -0.807. The molecule has 0 fully saturated rings. The van der Waals surface area contributed by atoms with E-state index in [1.165, 1.54) is 11.1 Å². The smallest absolute Gasteiger partial charge is 0.317 e. The van der Waals surface area contributed by atoms with Gasteiger partial charge in [0.15, 0.2) is 0 Å². The van der Waals surface area contributed by atoms with Gasteiger partial charge in [0, 0.05) is 10.5 Å². The van der Waals surface area contributed by atoms with Gasteiger partial charge in [-0.3, -0.25) is 4.79 Å². The lowest BCUT2D eigenvalue weighted by atomic mass is 10.1. The molecule has 2 N–H and O–H groups in total. The number of aryl methyl sites for hydroxylation is 1. The van der Waals surface area contributed by atoms with Gasteiger partial charge in [0.1, 0.15) is 0 Å². The van der Waals surface area contributed by atoms with Gasteiger partial charge >= 0.3 is 5.97 Å². The van der Waals surface area contributed by atoms with Gasteiger partial charge in [-0.05, 0) is 36.1 Å². The molecule has 0 heterocycles. The van der Waals surface area contributed by atoms with Gasteiger partial charge in [0.25, 0.3) is 0 Å². The molecular formula is C11H12BrNO2. The summed E-state index contributed by atoms with van der Waals surface area (Å²) in [5.74, 6) is -0.807. The third kappa shape index (κ3) is 2.38. The van der Waals surface area contributed by atoms with Crippen molar-refractivity contribution in [1.29, 1.82) is 0 Å². The fraction of sp³-hybridized carbons (Fsp3) is 0.364. The first-order chi connectivity index (χ1) is 7.16. The van der Waals surface area contributed by atoms with Gasteiger partial charge < -0.3 is 10.4 Å². The topological polar surface area (TPSA) is 49.3 Å². The van der Waals surface area contributed by atoms with E-state index in [1.54, 1.807) is 0 Å². The molecule has 0 spiro atoms. The fourth-order valence-corrected chi connectivity index (χ4v) is 2.37. The Kier molecular flexibility index (Phi) is 3.07. The van der Waals surface area contributed by atoms with Crippen LogP contribution in [0.1, 0.15) is 23.6 Å². The molecule has 2 rings (SSSR count). The van der Waals surface area contributed by atoms with Crippen LogP contribution in [-0.4, -0.2) is 17.6 Å². The van der Waals surface area contributed by atoms with E-state index in [-0.39, 0.29) is 12.6 Å². The number of halogens is 1. The predicted molar refractivity (Wildman–Crippen MR) is 60.8 cm³/mol. The Hall–Kier alpha value is -0.870. The first kappa shape index (κ1) is 10.6. The monoisotopic (exact) mass is 269 g/mol. The minimum absolute atomic E-state index is 0.0244. The average Bonchev–Trinajstić information content (AvgIpc) is 2.57. The van der Waals surface area contributed by atoms with Crippen LogP contribution in [0.25, 0.3) is 0 Å². The Labute approximate surface area is 96.6 Å². The minimum Gasteiger partial charge on any atom is -0.480 e. The van der Waals surface area contributed by atoms with Gasteiger partial charge in [0.05, 0.1) is 6.54 Å². The van der Waals surface area contributed by atoms with Crippen LogP contribution >= 0.6 is 15.9 Å². The Morgan fingerprint density at radius 2 is 2.40 bits per heavy atom. The van der Waals surface area contributed by atoms with Gasteiger partial charge in [-0.2, -0.15) is 0 Å². The second kappa shape index (κ2) is 4.33. The van der Waals surface area contributed by atoms with E-state index in [0.717, 1.165) is 17.3 Å². The Balaban J connectivity index is 2.13. The number of benzene rings is 1. The Morgan fingerprint density at radius 3 is 3.13 bits per heavy atom. The first-order valence-corrected chi connectivity index (χ1v) is 5.69. The summed E-state index contributed by atoms with van der Waals surface area (Å²) < 4.78 is 1.05. The van der Waals surface area contributed by atoms with Crippen molar-refractivity contribution in [2.45, 2.75) is 18.9 Å². The van der Waals surface area contributed by atoms with Gasteiger partial charge in [-0.1, -0.05) is 22.0 Å². The van der Waals surface area contributed by atoms with E-state index < -0.39 is 5.97 Å². The van der Waals surface area contributed by atoms with E-state index in [0.29, 0.717) is 0 Å². The molecule has 4 heteroatoms. The maximum atomic E-state index is 10.5. The summed E-state index contributed by atoms with van der Waals surface area (Å²) in [6, 6.07) is 6.39. The van der Waals surface area contributed by atoms with Crippen LogP contribution in [0.3, 0.4) is 0 Å². The summed E-state index contributed by atoms with van der Waals surface area (Å²) in [5, 5.41) is 11.6. The second-order valence-electron chi connectivity index (χ2n) is 3.71. The van der Waals surface area contributed by atoms with Crippen molar-refractivity contribution in [2.75, 3.05) is 6.54 Å².